The molecule has 0 bridgehead atoms. The van der Waals surface area contributed by atoms with E-state index in [9.17, 15) is 61.0 Å². The molecule has 3 saturated heterocycles. The fourth-order valence-electron chi connectivity index (χ4n) is 13.6. The van der Waals surface area contributed by atoms with Gasteiger partial charge in [0.05, 0.1) is 38.6 Å². The first-order chi connectivity index (χ1) is 52.3. The van der Waals surface area contributed by atoms with Gasteiger partial charge in [0.25, 0.3) is 0 Å². The van der Waals surface area contributed by atoms with Crippen LogP contribution in [-0.4, -0.2) is 193 Å². The van der Waals surface area contributed by atoms with Gasteiger partial charge in [-0.15, -0.1) is 0 Å². The Morgan fingerprint density at radius 1 is 0.346 bits per heavy atom. The van der Waals surface area contributed by atoms with Gasteiger partial charge in [0, 0.05) is 6.42 Å². The Kier molecular flexibility index (Phi) is 60.8. The molecule has 0 radical (unpaired) electrons. The monoisotopic (exact) mass is 1510 g/mol. The van der Waals surface area contributed by atoms with Crippen molar-refractivity contribution in [3.8, 4) is 0 Å². The summed E-state index contributed by atoms with van der Waals surface area (Å²) >= 11 is 0. The number of allylic oxidation sites excluding steroid dienone is 20. The largest absolute Gasteiger partial charge is 0.394 e. The van der Waals surface area contributed by atoms with Crippen LogP contribution in [0, 0.1) is 0 Å². The minimum absolute atomic E-state index is 0.203. The van der Waals surface area contributed by atoms with Crippen molar-refractivity contribution in [2.75, 3.05) is 26.4 Å². The number of carbonyl (C=O) groups excluding carboxylic acids is 1. The number of amides is 1. The smallest absolute Gasteiger partial charge is 0.220 e. The second-order valence-electron chi connectivity index (χ2n) is 29.6. The van der Waals surface area contributed by atoms with E-state index in [1.54, 1.807) is 0 Å². The topological polar surface area (TPSA) is 307 Å². The van der Waals surface area contributed by atoms with Gasteiger partial charge in [-0.3, -0.25) is 4.79 Å². The maximum absolute atomic E-state index is 13.5. The van der Waals surface area contributed by atoms with Crippen LogP contribution in [0.4, 0.5) is 0 Å². The molecule has 3 aliphatic rings. The lowest BCUT2D eigenvalue weighted by atomic mass is 9.96. The summed E-state index contributed by atoms with van der Waals surface area (Å²) in [5, 5.41) is 121. The van der Waals surface area contributed by atoms with Crippen LogP contribution in [0.15, 0.2) is 122 Å². The highest BCUT2D eigenvalue weighted by Gasteiger charge is 2.54. The highest BCUT2D eigenvalue weighted by atomic mass is 16.8. The van der Waals surface area contributed by atoms with E-state index in [1.807, 2.05) is 0 Å². The van der Waals surface area contributed by atoms with Crippen LogP contribution < -0.4 is 5.32 Å². The van der Waals surface area contributed by atoms with E-state index in [1.165, 1.54) is 161 Å². The van der Waals surface area contributed by atoms with Crippen molar-refractivity contribution < 1.29 is 89.4 Å². The van der Waals surface area contributed by atoms with E-state index in [-0.39, 0.29) is 18.9 Å². The predicted octanol–water partition coefficient (Wildman–Crippen LogP) is 15.1. The Hall–Kier alpha value is -3.81. The van der Waals surface area contributed by atoms with Crippen molar-refractivity contribution in [1.82, 2.24) is 5.32 Å². The van der Waals surface area contributed by atoms with Crippen molar-refractivity contribution in [2.45, 2.75) is 401 Å². The predicted molar refractivity (Wildman–Crippen MR) is 429 cm³/mol. The lowest BCUT2D eigenvalue weighted by Crippen LogP contribution is -2.66. The molecule has 17 atom stereocenters. The molecule has 0 aromatic carbocycles. The number of unbranched alkanes of at least 4 members (excludes halogenated alkanes) is 30. The fraction of sp³-hybridized carbons (Fsp3) is 0.761. The highest BCUT2D eigenvalue weighted by molar-refractivity contribution is 5.76. The Labute approximate surface area is 646 Å². The van der Waals surface area contributed by atoms with Crippen molar-refractivity contribution in [3.05, 3.63) is 122 Å². The Morgan fingerprint density at radius 2 is 0.645 bits per heavy atom. The third kappa shape index (κ3) is 46.1. The molecule has 3 fully saturated rings. The third-order valence-corrected chi connectivity index (χ3v) is 20.3. The van der Waals surface area contributed by atoms with E-state index < -0.39 is 124 Å². The molecule has 12 N–H and O–H groups in total. The fourth-order valence-corrected chi connectivity index (χ4v) is 13.6. The number of hydrogen-bond acceptors (Lipinski definition) is 18. The average Bonchev–Trinajstić information content (AvgIpc) is 0.782. The first kappa shape index (κ1) is 97.4. The molecular weight excluding hydrogens is 1360 g/mol. The van der Waals surface area contributed by atoms with E-state index in [2.05, 4.69) is 141 Å². The van der Waals surface area contributed by atoms with E-state index in [0.29, 0.717) is 19.3 Å². The van der Waals surface area contributed by atoms with Gasteiger partial charge in [-0.05, 0) is 89.9 Å². The molecule has 0 spiro atoms. The van der Waals surface area contributed by atoms with Crippen molar-refractivity contribution in [2.24, 2.45) is 0 Å². The molecule has 3 rings (SSSR count). The maximum atomic E-state index is 13.5. The van der Waals surface area contributed by atoms with Gasteiger partial charge in [-0.1, -0.05) is 322 Å². The highest BCUT2D eigenvalue weighted by Crippen LogP contribution is 2.33. The van der Waals surface area contributed by atoms with Crippen molar-refractivity contribution in [3.63, 3.8) is 0 Å². The standard InChI is InChI=1S/C88H151NO18/c1-3-5-7-9-11-13-15-17-19-21-23-25-27-29-31-33-34-35-36-38-40-42-44-46-48-50-52-54-56-58-60-62-64-66-76(94)89-71(72(93)65-63-61-59-57-55-53-51-49-47-45-43-41-39-37-32-30-28-26-24-22-20-18-16-14-12-10-8-6-4-2)70-102-86-82(100)79(97)84(74(68-91)104-86)107-88-83(101)80(98)85(75(69-92)105-88)106-87-81(99)78(96)77(95)73(67-90)103-87/h5,7,11,13,17,19,23,25,29,31,34-35,38,40,44,46,50,52,56,58,71-75,77-88,90-93,95-101H,3-4,6,8-10,12,14-16,18,20-22,24,26-28,30,32-33,36-37,39,41-43,45,47-49,51,53-55,57,59-70H2,1-2H3,(H,89,94)/b7-5-,13-11-,19-17-,25-23-,31-29-,35-34-,40-38-,46-44-,52-50-,58-56-. The summed E-state index contributed by atoms with van der Waals surface area (Å²) in [6.45, 7) is 1.68. The molecule has 3 aliphatic heterocycles. The SMILES string of the molecule is CC/C=C\C/C=C\C/C=C\C/C=C\C/C=C\C/C=C\C/C=C\C/C=C\C/C=C\C/C=C\CCCCC(=O)NC(COC1OC(CO)C(OC2OC(CO)C(OC3OC(CO)C(O)C(O)C3O)C(O)C2O)C(O)C1O)C(O)CCCCCCCCCCCCCCCCCCCCCCCCCCCCCCC. The van der Waals surface area contributed by atoms with E-state index in [4.69, 9.17) is 28.4 Å². The van der Waals surface area contributed by atoms with Gasteiger partial charge in [0.2, 0.25) is 5.91 Å². The summed E-state index contributed by atoms with van der Waals surface area (Å²) in [5.41, 5.74) is 0. The zero-order chi connectivity index (χ0) is 77.4. The number of ether oxygens (including phenoxy) is 6. The lowest BCUT2D eigenvalue weighted by molar-refractivity contribution is -0.379. The summed E-state index contributed by atoms with van der Waals surface area (Å²) in [4.78, 5) is 13.5. The van der Waals surface area contributed by atoms with Crippen molar-refractivity contribution in [1.29, 1.82) is 0 Å². The Balaban J connectivity index is 1.38. The molecule has 0 aliphatic carbocycles. The number of carbonyl (C=O) groups is 1. The molecule has 3 heterocycles. The molecule has 616 valence electrons. The summed E-state index contributed by atoms with van der Waals surface area (Å²) < 4.78 is 34.5. The van der Waals surface area contributed by atoms with Crippen LogP contribution in [0.1, 0.15) is 296 Å². The second-order valence-corrected chi connectivity index (χ2v) is 29.6. The molecule has 0 saturated carbocycles. The molecule has 19 heteroatoms. The molecular formula is C88H151NO18. The quantitative estimate of drug-likeness (QED) is 0.0199. The number of aliphatic hydroxyl groups excluding tert-OH is 11. The summed E-state index contributed by atoms with van der Waals surface area (Å²) in [6.07, 6.45) is 67.2. The first-order valence-electron chi connectivity index (χ1n) is 42.3. The summed E-state index contributed by atoms with van der Waals surface area (Å²) in [5.74, 6) is -0.286. The van der Waals surface area contributed by atoms with Crippen LogP contribution >= 0.6 is 0 Å². The van der Waals surface area contributed by atoms with Crippen LogP contribution in [0.25, 0.3) is 0 Å². The first-order valence-corrected chi connectivity index (χ1v) is 42.3. The normalized spacial score (nSPS) is 26.2. The molecule has 0 aromatic rings. The van der Waals surface area contributed by atoms with Crippen LogP contribution in [0.3, 0.4) is 0 Å². The average molecular weight is 1510 g/mol. The second kappa shape index (κ2) is 66.8. The van der Waals surface area contributed by atoms with Gasteiger partial charge in [0.15, 0.2) is 18.9 Å². The number of nitrogens with one attached hydrogen (secondary N) is 1. The maximum Gasteiger partial charge on any atom is 0.220 e. The minimum atomic E-state index is -1.98. The number of rotatable bonds is 66. The van der Waals surface area contributed by atoms with Crippen molar-refractivity contribution >= 4 is 5.91 Å². The lowest BCUT2D eigenvalue weighted by Gasteiger charge is -2.48. The van der Waals surface area contributed by atoms with Crippen LogP contribution in [-0.2, 0) is 33.2 Å². The molecule has 19 nitrogen and oxygen atoms in total. The number of hydrogen-bond donors (Lipinski definition) is 12. The van der Waals surface area contributed by atoms with Crippen LogP contribution in [0.5, 0.6) is 0 Å². The minimum Gasteiger partial charge on any atom is -0.394 e. The molecule has 17 unspecified atom stereocenters. The van der Waals surface area contributed by atoms with Gasteiger partial charge < -0.3 is 89.9 Å². The van der Waals surface area contributed by atoms with Crippen LogP contribution in [0.2, 0.25) is 0 Å². The summed E-state index contributed by atoms with van der Waals surface area (Å²) in [6, 6.07) is -0.923. The third-order valence-electron chi connectivity index (χ3n) is 20.3. The Morgan fingerprint density at radius 3 is 0.991 bits per heavy atom. The van der Waals surface area contributed by atoms with Gasteiger partial charge in [-0.2, -0.15) is 0 Å². The van der Waals surface area contributed by atoms with Gasteiger partial charge in [0.1, 0.15) is 73.2 Å². The zero-order valence-corrected chi connectivity index (χ0v) is 66.1. The van der Waals surface area contributed by atoms with Gasteiger partial charge in [-0.25, -0.2) is 0 Å². The molecule has 1 amide bonds. The number of aliphatic hydroxyl groups is 11. The Bertz CT molecular complexity index is 2410. The van der Waals surface area contributed by atoms with E-state index >= 15 is 0 Å². The molecule has 107 heavy (non-hydrogen) atoms. The van der Waals surface area contributed by atoms with Gasteiger partial charge >= 0.3 is 0 Å². The van der Waals surface area contributed by atoms with E-state index in [0.717, 1.165) is 96.3 Å². The summed E-state index contributed by atoms with van der Waals surface area (Å²) in [7, 11) is 0. The molecule has 0 aromatic heterocycles. The zero-order valence-electron chi connectivity index (χ0n) is 66.1.